The van der Waals surface area contributed by atoms with Crippen molar-refractivity contribution in [2.45, 2.75) is 13.0 Å². The van der Waals surface area contributed by atoms with Gasteiger partial charge >= 0.3 is 6.03 Å². The van der Waals surface area contributed by atoms with E-state index in [0.29, 0.717) is 13.1 Å². The first kappa shape index (κ1) is 14.5. The van der Waals surface area contributed by atoms with Crippen molar-refractivity contribution in [3.8, 4) is 0 Å². The second-order valence-electron chi connectivity index (χ2n) is 4.35. The molecular weight excluding hydrogens is 318 g/mol. The van der Waals surface area contributed by atoms with Gasteiger partial charge in [-0.25, -0.2) is 4.79 Å². The summed E-state index contributed by atoms with van der Waals surface area (Å²) in [5.74, 6) is 0. The molecule has 1 aromatic heterocycles. The lowest BCUT2D eigenvalue weighted by atomic mass is 10.1. The first-order valence-electron chi connectivity index (χ1n) is 6.39. The summed E-state index contributed by atoms with van der Waals surface area (Å²) in [7, 11) is 0. The normalized spacial score (nSPS) is 10.1. The minimum atomic E-state index is -0.163. The van der Waals surface area contributed by atoms with E-state index in [4.69, 9.17) is 0 Å². The van der Waals surface area contributed by atoms with Crippen LogP contribution in [-0.4, -0.2) is 17.6 Å². The van der Waals surface area contributed by atoms with E-state index in [1.165, 1.54) is 5.56 Å². The molecule has 20 heavy (non-hydrogen) atoms. The van der Waals surface area contributed by atoms with Gasteiger partial charge in [0.2, 0.25) is 0 Å². The van der Waals surface area contributed by atoms with Crippen LogP contribution in [-0.2, 0) is 13.0 Å². The first-order chi connectivity index (χ1) is 9.74. The fourth-order valence-electron chi connectivity index (χ4n) is 1.76. The number of rotatable bonds is 5. The van der Waals surface area contributed by atoms with Crippen LogP contribution < -0.4 is 10.6 Å². The van der Waals surface area contributed by atoms with Crippen molar-refractivity contribution < 1.29 is 4.79 Å². The summed E-state index contributed by atoms with van der Waals surface area (Å²) < 4.78 is 1.05. The summed E-state index contributed by atoms with van der Waals surface area (Å²) in [6.45, 7) is 1.09. The van der Waals surface area contributed by atoms with E-state index in [0.717, 1.165) is 16.5 Å². The van der Waals surface area contributed by atoms with Gasteiger partial charge in [-0.1, -0.05) is 34.1 Å². The molecule has 0 aliphatic heterocycles. The third-order valence-electron chi connectivity index (χ3n) is 2.76. The maximum Gasteiger partial charge on any atom is 0.315 e. The summed E-state index contributed by atoms with van der Waals surface area (Å²) in [4.78, 5) is 15.6. The monoisotopic (exact) mass is 333 g/mol. The van der Waals surface area contributed by atoms with E-state index in [1.807, 2.05) is 30.3 Å². The maximum atomic E-state index is 11.6. The molecule has 0 saturated carbocycles. The van der Waals surface area contributed by atoms with Gasteiger partial charge in [0.25, 0.3) is 0 Å². The molecule has 2 N–H and O–H groups in total. The lowest BCUT2D eigenvalue weighted by molar-refractivity contribution is 0.240. The predicted octanol–water partition coefficient (Wildman–Crippen LogP) is 2.89. The number of benzene rings is 1. The summed E-state index contributed by atoms with van der Waals surface area (Å²) in [6, 6.07) is 11.7. The molecule has 0 aliphatic rings. The summed E-state index contributed by atoms with van der Waals surface area (Å²) in [6.07, 6.45) is 4.25. The lowest BCUT2D eigenvalue weighted by Crippen LogP contribution is -2.36. The van der Waals surface area contributed by atoms with Crippen LogP contribution in [0.15, 0.2) is 53.3 Å². The molecule has 1 aromatic carbocycles. The third-order valence-corrected chi connectivity index (χ3v) is 3.26. The molecule has 0 spiro atoms. The summed E-state index contributed by atoms with van der Waals surface area (Å²) >= 11 is 3.43. The number of urea groups is 1. The number of nitrogens with one attached hydrogen (secondary N) is 2. The molecule has 0 fully saturated rings. The summed E-state index contributed by atoms with van der Waals surface area (Å²) in [5, 5.41) is 5.63. The fraction of sp³-hybridized carbons (Fsp3) is 0.200. The Balaban J connectivity index is 1.68. The largest absolute Gasteiger partial charge is 0.338 e. The number of amides is 2. The number of hydrogen-bond donors (Lipinski definition) is 2. The highest BCUT2D eigenvalue weighted by molar-refractivity contribution is 9.10. The Morgan fingerprint density at radius 2 is 2.00 bits per heavy atom. The number of hydrogen-bond acceptors (Lipinski definition) is 2. The Kier molecular flexibility index (Phi) is 5.55. The molecule has 104 valence electrons. The van der Waals surface area contributed by atoms with E-state index < -0.39 is 0 Å². The van der Waals surface area contributed by atoms with Gasteiger partial charge in [0.05, 0.1) is 0 Å². The molecule has 0 bridgehead atoms. The number of pyridine rings is 1. The van der Waals surface area contributed by atoms with Crippen molar-refractivity contribution in [1.82, 2.24) is 15.6 Å². The molecule has 5 heteroatoms. The molecule has 0 aliphatic carbocycles. The molecule has 0 atom stereocenters. The highest BCUT2D eigenvalue weighted by Gasteiger charge is 2.00. The Labute approximate surface area is 126 Å². The van der Waals surface area contributed by atoms with Crippen molar-refractivity contribution in [2.24, 2.45) is 0 Å². The van der Waals surface area contributed by atoms with Crippen LogP contribution >= 0.6 is 15.9 Å². The van der Waals surface area contributed by atoms with Crippen LogP contribution in [0.4, 0.5) is 4.79 Å². The topological polar surface area (TPSA) is 54.0 Å². The standard InChI is InChI=1S/C15H16BrN3O/c16-14-5-1-3-12(9-14)6-8-18-15(20)19-11-13-4-2-7-17-10-13/h1-5,7,9-10H,6,8,11H2,(H2,18,19,20). The minimum Gasteiger partial charge on any atom is -0.338 e. The number of aromatic nitrogens is 1. The van der Waals surface area contributed by atoms with Crippen molar-refractivity contribution in [1.29, 1.82) is 0 Å². The molecule has 2 amide bonds. The minimum absolute atomic E-state index is 0.163. The lowest BCUT2D eigenvalue weighted by Gasteiger charge is -2.07. The molecule has 1 heterocycles. The van der Waals surface area contributed by atoms with Gasteiger partial charge in [0.15, 0.2) is 0 Å². The Morgan fingerprint density at radius 1 is 1.15 bits per heavy atom. The van der Waals surface area contributed by atoms with Gasteiger partial charge in [-0.05, 0) is 35.7 Å². The van der Waals surface area contributed by atoms with Gasteiger partial charge in [0, 0.05) is 30.0 Å². The Morgan fingerprint density at radius 3 is 2.75 bits per heavy atom. The van der Waals surface area contributed by atoms with Gasteiger partial charge in [0.1, 0.15) is 0 Å². The van der Waals surface area contributed by atoms with Crippen molar-refractivity contribution >= 4 is 22.0 Å². The van der Waals surface area contributed by atoms with Crippen LogP contribution in [0.25, 0.3) is 0 Å². The van der Waals surface area contributed by atoms with E-state index >= 15 is 0 Å². The van der Waals surface area contributed by atoms with Crippen LogP contribution in [0, 0.1) is 0 Å². The zero-order valence-electron chi connectivity index (χ0n) is 11.0. The Bertz CT molecular complexity index is 560. The van der Waals surface area contributed by atoms with E-state index in [1.54, 1.807) is 12.4 Å². The van der Waals surface area contributed by atoms with E-state index in [2.05, 4.69) is 37.6 Å². The van der Waals surface area contributed by atoms with Crippen molar-refractivity contribution in [3.05, 3.63) is 64.4 Å². The van der Waals surface area contributed by atoms with Crippen molar-refractivity contribution in [2.75, 3.05) is 6.54 Å². The number of halogens is 1. The average Bonchev–Trinajstić information content (AvgIpc) is 2.46. The molecule has 0 radical (unpaired) electrons. The van der Waals surface area contributed by atoms with Gasteiger partial charge in [-0.3, -0.25) is 4.98 Å². The molecule has 2 rings (SSSR count). The molecule has 2 aromatic rings. The predicted molar refractivity (Wildman–Crippen MR) is 82.3 cm³/mol. The second kappa shape index (κ2) is 7.65. The highest BCUT2D eigenvalue weighted by Crippen LogP contribution is 2.11. The van der Waals surface area contributed by atoms with Crippen LogP contribution in [0.1, 0.15) is 11.1 Å². The highest BCUT2D eigenvalue weighted by atomic mass is 79.9. The van der Waals surface area contributed by atoms with E-state index in [9.17, 15) is 4.79 Å². The van der Waals surface area contributed by atoms with Crippen LogP contribution in [0.2, 0.25) is 0 Å². The maximum absolute atomic E-state index is 11.6. The number of carbonyl (C=O) groups excluding carboxylic acids is 1. The smallest absolute Gasteiger partial charge is 0.315 e. The first-order valence-corrected chi connectivity index (χ1v) is 7.18. The zero-order valence-corrected chi connectivity index (χ0v) is 12.6. The van der Waals surface area contributed by atoms with Gasteiger partial charge in [-0.2, -0.15) is 0 Å². The third kappa shape index (κ3) is 5.01. The molecule has 0 saturated heterocycles. The molecular formula is C15H16BrN3O. The quantitative estimate of drug-likeness (QED) is 0.883. The molecule has 0 unspecified atom stereocenters. The fourth-order valence-corrected chi connectivity index (χ4v) is 2.21. The summed E-state index contributed by atoms with van der Waals surface area (Å²) in [5.41, 5.74) is 2.17. The van der Waals surface area contributed by atoms with Gasteiger partial charge < -0.3 is 10.6 Å². The average molecular weight is 334 g/mol. The van der Waals surface area contributed by atoms with Gasteiger partial charge in [-0.15, -0.1) is 0 Å². The Hall–Kier alpha value is -1.88. The SMILES string of the molecule is O=C(NCCc1cccc(Br)c1)NCc1cccnc1. The van der Waals surface area contributed by atoms with Crippen LogP contribution in [0.5, 0.6) is 0 Å². The van der Waals surface area contributed by atoms with Crippen LogP contribution in [0.3, 0.4) is 0 Å². The molecule has 4 nitrogen and oxygen atoms in total. The number of carbonyl (C=O) groups is 1. The van der Waals surface area contributed by atoms with E-state index in [-0.39, 0.29) is 6.03 Å². The zero-order chi connectivity index (χ0) is 14.2. The van der Waals surface area contributed by atoms with Crippen molar-refractivity contribution in [3.63, 3.8) is 0 Å². The second-order valence-corrected chi connectivity index (χ2v) is 5.27. The number of nitrogens with zero attached hydrogens (tertiary/aromatic N) is 1.